The summed E-state index contributed by atoms with van der Waals surface area (Å²) in [6.45, 7) is 3.90. The molecule has 100 valence electrons. The zero-order valence-electron chi connectivity index (χ0n) is 11.5. The Morgan fingerprint density at radius 3 is 2.70 bits per heavy atom. The van der Waals surface area contributed by atoms with Crippen molar-refractivity contribution >= 4 is 22.4 Å². The van der Waals surface area contributed by atoms with Crippen molar-refractivity contribution in [2.75, 3.05) is 5.73 Å². The number of fused-ring (bicyclic) bond motifs is 1. The van der Waals surface area contributed by atoms with Crippen LogP contribution in [0, 0.1) is 13.8 Å². The minimum Gasteiger partial charge on any atom is -0.398 e. The average molecular weight is 264 g/mol. The van der Waals surface area contributed by atoms with Crippen LogP contribution in [-0.4, -0.2) is 10.8 Å². The molecule has 0 radical (unpaired) electrons. The van der Waals surface area contributed by atoms with Crippen LogP contribution in [0.4, 0.5) is 5.69 Å². The maximum absolute atomic E-state index is 12.7. The summed E-state index contributed by atoms with van der Waals surface area (Å²) in [5.74, 6) is 0.00616. The van der Waals surface area contributed by atoms with Crippen LogP contribution in [-0.2, 0) is 0 Å². The van der Waals surface area contributed by atoms with Crippen molar-refractivity contribution in [1.29, 1.82) is 0 Å². The van der Waals surface area contributed by atoms with E-state index in [1.807, 2.05) is 50.2 Å². The van der Waals surface area contributed by atoms with Gasteiger partial charge in [-0.15, -0.1) is 0 Å². The van der Waals surface area contributed by atoms with Crippen LogP contribution in [0.2, 0.25) is 0 Å². The Bertz CT molecular complexity index is 815. The van der Waals surface area contributed by atoms with E-state index in [1.165, 1.54) is 0 Å². The molecule has 0 fully saturated rings. The molecule has 3 nitrogen and oxygen atoms in total. The van der Waals surface area contributed by atoms with E-state index in [0.717, 1.165) is 22.0 Å². The zero-order chi connectivity index (χ0) is 14.3. The molecule has 0 bridgehead atoms. The number of nitrogens with two attached hydrogens (primary N) is 1. The molecule has 3 N–H and O–H groups in total. The molecule has 3 aromatic rings. The van der Waals surface area contributed by atoms with E-state index in [4.69, 9.17) is 5.73 Å². The van der Waals surface area contributed by atoms with Gasteiger partial charge in [0.1, 0.15) is 0 Å². The number of rotatable bonds is 2. The predicted octanol–water partition coefficient (Wildman–Crippen LogP) is 3.60. The first kappa shape index (κ1) is 12.5. The van der Waals surface area contributed by atoms with Crippen LogP contribution < -0.4 is 5.73 Å². The smallest absolute Gasteiger partial charge is 0.195 e. The monoisotopic (exact) mass is 264 g/mol. The summed E-state index contributed by atoms with van der Waals surface area (Å²) in [5.41, 5.74) is 10.8. The SMILES string of the molecule is Cc1ccc2[nH]cc(C(=O)c3cccc(N)c3C)c2c1. The Morgan fingerprint density at radius 2 is 1.90 bits per heavy atom. The summed E-state index contributed by atoms with van der Waals surface area (Å²) in [4.78, 5) is 15.9. The maximum atomic E-state index is 12.7. The fourth-order valence-electron chi connectivity index (χ4n) is 2.47. The minimum atomic E-state index is 0.00616. The highest BCUT2D eigenvalue weighted by Crippen LogP contribution is 2.25. The number of hydrogen-bond donors (Lipinski definition) is 2. The number of hydrogen-bond acceptors (Lipinski definition) is 2. The molecule has 0 amide bonds. The van der Waals surface area contributed by atoms with Gasteiger partial charge in [-0.05, 0) is 37.6 Å². The Hall–Kier alpha value is -2.55. The van der Waals surface area contributed by atoms with Crippen molar-refractivity contribution in [3.63, 3.8) is 0 Å². The van der Waals surface area contributed by atoms with E-state index in [9.17, 15) is 4.79 Å². The Balaban J connectivity index is 2.18. The minimum absolute atomic E-state index is 0.00616. The van der Waals surface area contributed by atoms with Gasteiger partial charge in [-0.3, -0.25) is 4.79 Å². The first-order valence-corrected chi connectivity index (χ1v) is 6.55. The lowest BCUT2D eigenvalue weighted by molar-refractivity contribution is 0.104. The summed E-state index contributed by atoms with van der Waals surface area (Å²) in [6, 6.07) is 11.5. The highest BCUT2D eigenvalue weighted by atomic mass is 16.1. The largest absolute Gasteiger partial charge is 0.398 e. The second-order valence-corrected chi connectivity index (χ2v) is 5.10. The number of benzene rings is 2. The summed E-state index contributed by atoms with van der Waals surface area (Å²) in [6.07, 6.45) is 1.77. The number of nitrogens with one attached hydrogen (secondary N) is 1. The number of aromatic amines is 1. The van der Waals surface area contributed by atoms with Gasteiger partial charge in [-0.1, -0.05) is 23.8 Å². The number of ketones is 1. The van der Waals surface area contributed by atoms with Gasteiger partial charge in [0.2, 0.25) is 0 Å². The molecule has 2 aromatic carbocycles. The third-order valence-electron chi connectivity index (χ3n) is 3.70. The fraction of sp³-hybridized carbons (Fsp3) is 0.118. The number of nitrogen functional groups attached to an aromatic ring is 1. The van der Waals surface area contributed by atoms with E-state index in [2.05, 4.69) is 4.98 Å². The Kier molecular flexibility index (Phi) is 2.83. The van der Waals surface area contributed by atoms with Crippen LogP contribution in [0.5, 0.6) is 0 Å². The van der Waals surface area contributed by atoms with E-state index >= 15 is 0 Å². The fourth-order valence-corrected chi connectivity index (χ4v) is 2.47. The van der Waals surface area contributed by atoms with E-state index in [-0.39, 0.29) is 5.78 Å². The Morgan fingerprint density at radius 1 is 1.10 bits per heavy atom. The van der Waals surface area contributed by atoms with Crippen molar-refractivity contribution in [3.8, 4) is 0 Å². The van der Waals surface area contributed by atoms with Gasteiger partial charge >= 0.3 is 0 Å². The lowest BCUT2D eigenvalue weighted by atomic mass is 9.97. The molecule has 0 saturated heterocycles. The molecule has 1 heterocycles. The summed E-state index contributed by atoms with van der Waals surface area (Å²) < 4.78 is 0. The first-order chi connectivity index (χ1) is 9.58. The molecule has 0 unspecified atom stereocenters. The Labute approximate surface area is 117 Å². The van der Waals surface area contributed by atoms with Crippen LogP contribution in [0.1, 0.15) is 27.0 Å². The summed E-state index contributed by atoms with van der Waals surface area (Å²) in [7, 11) is 0. The van der Waals surface area contributed by atoms with Gasteiger partial charge in [0.25, 0.3) is 0 Å². The number of carbonyl (C=O) groups excluding carboxylic acids is 1. The molecule has 0 saturated carbocycles. The molecule has 0 atom stereocenters. The molecule has 20 heavy (non-hydrogen) atoms. The summed E-state index contributed by atoms with van der Waals surface area (Å²) >= 11 is 0. The molecule has 0 aliphatic heterocycles. The van der Waals surface area contributed by atoms with E-state index in [1.54, 1.807) is 6.20 Å². The standard InChI is InChI=1S/C17H16N2O/c1-10-6-7-16-13(8-10)14(9-19-16)17(20)12-4-3-5-15(18)11(12)2/h3-9,19H,18H2,1-2H3. The molecule has 3 rings (SSSR count). The topological polar surface area (TPSA) is 58.9 Å². The van der Waals surface area contributed by atoms with Crippen molar-refractivity contribution < 1.29 is 4.79 Å². The van der Waals surface area contributed by atoms with Crippen molar-refractivity contribution in [3.05, 3.63) is 64.8 Å². The van der Waals surface area contributed by atoms with Gasteiger partial charge in [0.15, 0.2) is 5.78 Å². The molecule has 0 aliphatic rings. The third kappa shape index (κ3) is 1.88. The number of anilines is 1. The van der Waals surface area contributed by atoms with E-state index in [0.29, 0.717) is 16.8 Å². The first-order valence-electron chi connectivity index (χ1n) is 6.55. The highest BCUT2D eigenvalue weighted by molar-refractivity contribution is 6.17. The number of carbonyl (C=O) groups is 1. The van der Waals surface area contributed by atoms with Gasteiger partial charge in [0.05, 0.1) is 0 Å². The second-order valence-electron chi connectivity index (χ2n) is 5.10. The van der Waals surface area contributed by atoms with Gasteiger partial charge in [0, 0.05) is 33.9 Å². The lowest BCUT2D eigenvalue weighted by Gasteiger charge is -2.07. The number of aryl methyl sites for hydroxylation is 1. The number of aromatic nitrogens is 1. The highest BCUT2D eigenvalue weighted by Gasteiger charge is 2.16. The predicted molar refractivity (Wildman–Crippen MR) is 82.1 cm³/mol. The van der Waals surface area contributed by atoms with Crippen LogP contribution in [0.15, 0.2) is 42.6 Å². The van der Waals surface area contributed by atoms with Crippen LogP contribution in [0.3, 0.4) is 0 Å². The van der Waals surface area contributed by atoms with E-state index < -0.39 is 0 Å². The van der Waals surface area contributed by atoms with Gasteiger partial charge in [-0.2, -0.15) is 0 Å². The molecule has 3 heteroatoms. The van der Waals surface area contributed by atoms with Gasteiger partial charge < -0.3 is 10.7 Å². The van der Waals surface area contributed by atoms with Crippen molar-refractivity contribution in [2.24, 2.45) is 0 Å². The quantitative estimate of drug-likeness (QED) is 0.549. The molecular weight excluding hydrogens is 248 g/mol. The van der Waals surface area contributed by atoms with Crippen LogP contribution in [0.25, 0.3) is 10.9 Å². The molecule has 1 aromatic heterocycles. The lowest BCUT2D eigenvalue weighted by Crippen LogP contribution is -2.05. The average Bonchev–Trinajstić information content (AvgIpc) is 2.84. The number of H-pyrrole nitrogens is 1. The van der Waals surface area contributed by atoms with Crippen molar-refractivity contribution in [1.82, 2.24) is 4.98 Å². The second kappa shape index (κ2) is 4.53. The maximum Gasteiger partial charge on any atom is 0.195 e. The van der Waals surface area contributed by atoms with Gasteiger partial charge in [-0.25, -0.2) is 0 Å². The van der Waals surface area contributed by atoms with Crippen LogP contribution >= 0.6 is 0 Å². The molecule has 0 spiro atoms. The zero-order valence-corrected chi connectivity index (χ0v) is 11.5. The summed E-state index contributed by atoms with van der Waals surface area (Å²) in [5, 5.41) is 0.955. The molecular formula is C17H16N2O. The van der Waals surface area contributed by atoms with Crippen molar-refractivity contribution in [2.45, 2.75) is 13.8 Å². The normalized spacial score (nSPS) is 10.9. The molecule has 0 aliphatic carbocycles. The third-order valence-corrected chi connectivity index (χ3v) is 3.70.